The zero-order valence-electron chi connectivity index (χ0n) is 11.3. The summed E-state index contributed by atoms with van der Waals surface area (Å²) in [6.07, 6.45) is 6.96. The normalized spacial score (nSPS) is 27.1. The number of piperidine rings is 1. The Hall–Kier alpha value is -1.85. The molecule has 3 rings (SSSR count). The van der Waals surface area contributed by atoms with E-state index in [2.05, 4.69) is 10.2 Å². The first kappa shape index (κ1) is 13.1. The van der Waals surface area contributed by atoms with Gasteiger partial charge in [0.15, 0.2) is 0 Å². The van der Waals surface area contributed by atoms with Gasteiger partial charge >= 0.3 is 5.97 Å². The first-order valence-electron chi connectivity index (χ1n) is 7.17. The Bertz CT molecular complexity index is 492. The summed E-state index contributed by atoms with van der Waals surface area (Å²) in [7, 11) is 0. The number of hydrogen-bond acceptors (Lipinski definition) is 3. The number of likely N-dealkylation sites (tertiary alicyclic amines) is 1. The summed E-state index contributed by atoms with van der Waals surface area (Å²) in [5.41, 5.74) is 1.20. The lowest BCUT2D eigenvalue weighted by atomic mass is 9.72. The minimum Gasteiger partial charge on any atom is -0.481 e. The molecule has 0 spiro atoms. The van der Waals surface area contributed by atoms with E-state index in [1.807, 2.05) is 17.3 Å². The van der Waals surface area contributed by atoms with E-state index in [4.69, 9.17) is 5.11 Å². The Kier molecular flexibility index (Phi) is 3.46. The SMILES string of the molecule is O=C(O)C1CCC1C(=O)N1CCC(c2cn[nH]c2)CC1. The summed E-state index contributed by atoms with van der Waals surface area (Å²) < 4.78 is 0. The molecular weight excluding hydrogens is 258 g/mol. The number of hydrogen-bond donors (Lipinski definition) is 2. The molecule has 1 aromatic rings. The fourth-order valence-corrected chi connectivity index (χ4v) is 3.24. The van der Waals surface area contributed by atoms with Gasteiger partial charge in [0, 0.05) is 19.3 Å². The van der Waals surface area contributed by atoms with E-state index >= 15 is 0 Å². The van der Waals surface area contributed by atoms with Crippen molar-refractivity contribution in [3.63, 3.8) is 0 Å². The third kappa shape index (κ3) is 2.30. The highest BCUT2D eigenvalue weighted by molar-refractivity contribution is 5.86. The van der Waals surface area contributed by atoms with E-state index in [-0.39, 0.29) is 11.8 Å². The van der Waals surface area contributed by atoms with Gasteiger partial charge in [-0.25, -0.2) is 0 Å². The average Bonchev–Trinajstić information content (AvgIpc) is 2.90. The summed E-state index contributed by atoms with van der Waals surface area (Å²) >= 11 is 0. The second-order valence-electron chi connectivity index (χ2n) is 5.76. The van der Waals surface area contributed by atoms with Gasteiger partial charge in [-0.05, 0) is 37.2 Å². The van der Waals surface area contributed by atoms with Crippen LogP contribution in [0.4, 0.5) is 0 Å². The van der Waals surface area contributed by atoms with Crippen LogP contribution in [0.3, 0.4) is 0 Å². The van der Waals surface area contributed by atoms with E-state index < -0.39 is 11.9 Å². The van der Waals surface area contributed by atoms with Crippen molar-refractivity contribution >= 4 is 11.9 Å². The highest BCUT2D eigenvalue weighted by atomic mass is 16.4. The quantitative estimate of drug-likeness (QED) is 0.870. The molecule has 1 aromatic heterocycles. The Morgan fingerprint density at radius 2 is 1.90 bits per heavy atom. The molecule has 0 bridgehead atoms. The van der Waals surface area contributed by atoms with Gasteiger partial charge < -0.3 is 10.0 Å². The molecule has 0 aromatic carbocycles. The standard InChI is InChI=1S/C14H19N3O3/c18-13(11-1-2-12(11)14(19)20)17-5-3-9(4-6-17)10-7-15-16-8-10/h7-9,11-12H,1-6H2,(H,15,16)(H,19,20). The minimum absolute atomic E-state index is 0.0364. The molecule has 2 N–H and O–H groups in total. The Morgan fingerprint density at radius 1 is 1.20 bits per heavy atom. The van der Waals surface area contributed by atoms with Crippen LogP contribution in [0, 0.1) is 11.8 Å². The second kappa shape index (κ2) is 5.26. The van der Waals surface area contributed by atoms with E-state index in [0.717, 1.165) is 32.4 Å². The maximum Gasteiger partial charge on any atom is 0.307 e. The van der Waals surface area contributed by atoms with Crippen molar-refractivity contribution < 1.29 is 14.7 Å². The maximum atomic E-state index is 12.3. The number of nitrogens with zero attached hydrogens (tertiary/aromatic N) is 2. The van der Waals surface area contributed by atoms with Crippen LogP contribution in [0.1, 0.15) is 37.2 Å². The van der Waals surface area contributed by atoms with Crippen LogP contribution < -0.4 is 0 Å². The van der Waals surface area contributed by atoms with Crippen LogP contribution in [-0.2, 0) is 9.59 Å². The monoisotopic (exact) mass is 277 g/mol. The number of carbonyl (C=O) groups excluding carboxylic acids is 1. The van der Waals surface area contributed by atoms with Gasteiger partial charge in [-0.2, -0.15) is 5.10 Å². The molecule has 2 unspecified atom stereocenters. The lowest BCUT2D eigenvalue weighted by Gasteiger charge is -2.39. The molecule has 6 nitrogen and oxygen atoms in total. The van der Waals surface area contributed by atoms with Crippen LogP contribution in [-0.4, -0.2) is 45.2 Å². The van der Waals surface area contributed by atoms with E-state index in [0.29, 0.717) is 12.3 Å². The second-order valence-corrected chi connectivity index (χ2v) is 5.76. The lowest BCUT2D eigenvalue weighted by Crippen LogP contribution is -2.48. The van der Waals surface area contributed by atoms with Crippen molar-refractivity contribution in [2.75, 3.05) is 13.1 Å². The topological polar surface area (TPSA) is 86.3 Å². The molecule has 1 saturated heterocycles. The number of H-pyrrole nitrogens is 1. The zero-order valence-corrected chi connectivity index (χ0v) is 11.3. The number of carboxylic acids is 1. The number of amides is 1. The van der Waals surface area contributed by atoms with Crippen molar-refractivity contribution in [2.24, 2.45) is 11.8 Å². The predicted octanol–water partition coefficient (Wildman–Crippen LogP) is 1.23. The van der Waals surface area contributed by atoms with Crippen LogP contribution >= 0.6 is 0 Å². The molecule has 2 heterocycles. The molecule has 1 aliphatic carbocycles. The van der Waals surface area contributed by atoms with Crippen LogP contribution in [0.25, 0.3) is 0 Å². The average molecular weight is 277 g/mol. The lowest BCUT2D eigenvalue weighted by molar-refractivity contribution is -0.157. The van der Waals surface area contributed by atoms with Gasteiger partial charge in [-0.15, -0.1) is 0 Å². The third-order valence-electron chi connectivity index (χ3n) is 4.71. The molecule has 6 heteroatoms. The molecule has 20 heavy (non-hydrogen) atoms. The van der Waals surface area contributed by atoms with Crippen molar-refractivity contribution in [1.29, 1.82) is 0 Å². The molecule has 2 aliphatic rings. The summed E-state index contributed by atoms with van der Waals surface area (Å²) in [5, 5.41) is 15.8. The van der Waals surface area contributed by atoms with Crippen LogP contribution in [0.5, 0.6) is 0 Å². The fourth-order valence-electron chi connectivity index (χ4n) is 3.24. The van der Waals surface area contributed by atoms with Crippen molar-refractivity contribution in [2.45, 2.75) is 31.6 Å². The van der Waals surface area contributed by atoms with Gasteiger partial charge in [-0.3, -0.25) is 14.7 Å². The predicted molar refractivity (Wildman–Crippen MR) is 71.0 cm³/mol. The van der Waals surface area contributed by atoms with Gasteiger partial charge in [0.2, 0.25) is 5.91 Å². The highest BCUT2D eigenvalue weighted by Crippen LogP contribution is 2.37. The van der Waals surface area contributed by atoms with Crippen molar-refractivity contribution in [3.8, 4) is 0 Å². The third-order valence-corrected chi connectivity index (χ3v) is 4.71. The first-order valence-corrected chi connectivity index (χ1v) is 7.17. The first-order chi connectivity index (χ1) is 9.66. The Morgan fingerprint density at radius 3 is 2.40 bits per heavy atom. The van der Waals surface area contributed by atoms with E-state index in [9.17, 15) is 9.59 Å². The number of nitrogens with one attached hydrogen (secondary N) is 1. The zero-order chi connectivity index (χ0) is 14.1. The minimum atomic E-state index is -0.831. The molecule has 1 aliphatic heterocycles. The Labute approximate surface area is 117 Å². The summed E-state index contributed by atoms with van der Waals surface area (Å²) in [6, 6.07) is 0. The van der Waals surface area contributed by atoms with Crippen molar-refractivity contribution in [1.82, 2.24) is 15.1 Å². The van der Waals surface area contributed by atoms with E-state index in [1.165, 1.54) is 5.56 Å². The fraction of sp³-hybridized carbons (Fsp3) is 0.643. The number of aliphatic carboxylic acids is 1. The smallest absolute Gasteiger partial charge is 0.307 e. The number of aromatic amines is 1. The number of carboxylic acid groups (broad SMARTS) is 1. The van der Waals surface area contributed by atoms with Crippen molar-refractivity contribution in [3.05, 3.63) is 18.0 Å². The summed E-state index contributed by atoms with van der Waals surface area (Å²) in [6.45, 7) is 1.44. The number of rotatable bonds is 3. The number of aromatic nitrogens is 2. The molecule has 1 saturated carbocycles. The van der Waals surface area contributed by atoms with Crippen LogP contribution in [0.2, 0.25) is 0 Å². The largest absolute Gasteiger partial charge is 0.481 e. The molecule has 1 amide bonds. The Balaban J connectivity index is 1.56. The molecule has 2 atom stereocenters. The molecule has 2 fully saturated rings. The van der Waals surface area contributed by atoms with E-state index in [1.54, 1.807) is 0 Å². The van der Waals surface area contributed by atoms with Gasteiger partial charge in [-0.1, -0.05) is 0 Å². The summed E-state index contributed by atoms with van der Waals surface area (Å²) in [5.74, 6) is -1.10. The maximum absolute atomic E-state index is 12.3. The number of carbonyl (C=O) groups is 2. The molecule has 0 radical (unpaired) electrons. The summed E-state index contributed by atoms with van der Waals surface area (Å²) in [4.78, 5) is 25.2. The van der Waals surface area contributed by atoms with Gasteiger partial charge in [0.05, 0.1) is 18.0 Å². The van der Waals surface area contributed by atoms with Gasteiger partial charge in [0.1, 0.15) is 0 Å². The molecular formula is C14H19N3O3. The molecule has 108 valence electrons. The van der Waals surface area contributed by atoms with Gasteiger partial charge in [0.25, 0.3) is 0 Å². The van der Waals surface area contributed by atoms with Crippen LogP contribution in [0.15, 0.2) is 12.4 Å². The highest BCUT2D eigenvalue weighted by Gasteiger charge is 2.43.